The number of allylic oxidation sites excluding steroid dienone is 9. The average molecular weight is 775 g/mol. The predicted molar refractivity (Wildman–Crippen MR) is 251 cm³/mol. The predicted octanol–water partition coefficient (Wildman–Crippen LogP) is 15.2. The molecule has 2 nitrogen and oxygen atoms in total. The first kappa shape index (κ1) is 33.5. The van der Waals surface area contributed by atoms with Crippen LogP contribution in [0.1, 0.15) is 71.5 Å². The van der Waals surface area contributed by atoms with E-state index >= 15 is 0 Å². The molecule has 3 unspecified atom stereocenters. The number of benzene rings is 6. The fraction of sp³-hybridized carbons (Fsp3) is 0.143. The van der Waals surface area contributed by atoms with Crippen molar-refractivity contribution in [2.75, 3.05) is 0 Å². The standard InChI is InChI=1S/C56H42N2S/c1-3-15-35(16-4-1)53-46-33-37(57-48-23-11-7-19-41(48)42-20-8-12-24-49(42)57)27-29-39(46)40-30-28-38(34-47(40)54(53)36-17-5-2-6-18-36)58-50-25-13-9-22-45(50)55-51(58)32-31-44-43-21-10-14-26-52(43)59-56(44)55/h1,3-5,7-8,10-21,23-32,34,37,53-54H,2,6,9,22,33H2. The van der Waals surface area contributed by atoms with Crippen molar-refractivity contribution in [2.45, 2.75) is 50.0 Å². The molecule has 3 heterocycles. The molecule has 0 N–H and O–H groups in total. The van der Waals surface area contributed by atoms with Crippen molar-refractivity contribution >= 4 is 75.9 Å². The molecule has 6 aromatic carbocycles. The van der Waals surface area contributed by atoms with E-state index in [2.05, 4.69) is 185 Å². The first-order valence-electron chi connectivity index (χ1n) is 21.4. The second kappa shape index (κ2) is 13.0. The maximum Gasteiger partial charge on any atom is 0.0563 e. The normalized spacial score (nSPS) is 19.9. The van der Waals surface area contributed by atoms with Crippen molar-refractivity contribution in [1.82, 2.24) is 9.13 Å². The molecule has 3 aromatic heterocycles. The second-order valence-electron chi connectivity index (χ2n) is 16.9. The van der Waals surface area contributed by atoms with Gasteiger partial charge in [0.1, 0.15) is 0 Å². The molecule has 282 valence electrons. The number of aryl methyl sites for hydroxylation is 1. The molecule has 0 saturated heterocycles. The molecule has 9 aromatic rings. The van der Waals surface area contributed by atoms with Crippen LogP contribution >= 0.6 is 11.3 Å². The van der Waals surface area contributed by atoms with Crippen molar-refractivity contribution in [3.05, 3.63) is 209 Å². The van der Waals surface area contributed by atoms with E-state index in [1.807, 2.05) is 11.3 Å². The zero-order chi connectivity index (χ0) is 38.6. The number of para-hydroxylation sites is 2. The number of hydrogen-bond donors (Lipinski definition) is 0. The summed E-state index contributed by atoms with van der Waals surface area (Å²) in [6, 6.07) is 50.7. The van der Waals surface area contributed by atoms with Crippen LogP contribution in [0.2, 0.25) is 0 Å². The maximum atomic E-state index is 2.61. The van der Waals surface area contributed by atoms with Gasteiger partial charge in [-0.05, 0) is 108 Å². The molecule has 13 rings (SSSR count). The Hall–Kier alpha value is -6.42. The molecule has 0 aliphatic heterocycles. The van der Waals surface area contributed by atoms with Crippen LogP contribution in [0.3, 0.4) is 0 Å². The molecule has 4 aliphatic carbocycles. The third-order valence-electron chi connectivity index (χ3n) is 13.8. The van der Waals surface area contributed by atoms with Gasteiger partial charge in [0.05, 0.1) is 11.6 Å². The topological polar surface area (TPSA) is 9.86 Å². The van der Waals surface area contributed by atoms with Crippen molar-refractivity contribution in [3.8, 4) is 5.69 Å². The zero-order valence-electron chi connectivity index (χ0n) is 32.8. The minimum atomic E-state index is 0.190. The maximum absolute atomic E-state index is 2.61. The Labute approximate surface area is 348 Å². The molecular formula is C56H42N2S. The summed E-state index contributed by atoms with van der Waals surface area (Å²) in [4.78, 5) is 0. The Morgan fingerprint density at radius 2 is 1.36 bits per heavy atom. The molecule has 0 saturated carbocycles. The number of nitrogens with zero attached hydrogens (tertiary/aromatic N) is 2. The van der Waals surface area contributed by atoms with Gasteiger partial charge in [-0.1, -0.05) is 139 Å². The monoisotopic (exact) mass is 774 g/mol. The Morgan fingerprint density at radius 3 is 2.17 bits per heavy atom. The van der Waals surface area contributed by atoms with E-state index in [1.165, 1.54) is 97.7 Å². The highest BCUT2D eigenvalue weighted by molar-refractivity contribution is 7.26. The van der Waals surface area contributed by atoms with Crippen LogP contribution in [0.5, 0.6) is 0 Å². The lowest BCUT2D eigenvalue weighted by Crippen LogP contribution is -2.26. The number of aromatic nitrogens is 2. The Morgan fingerprint density at radius 1 is 0.593 bits per heavy atom. The fourth-order valence-electron chi connectivity index (χ4n) is 11.4. The molecule has 0 bridgehead atoms. The molecule has 0 fully saturated rings. The van der Waals surface area contributed by atoms with Gasteiger partial charge in [0.15, 0.2) is 0 Å². The highest BCUT2D eigenvalue weighted by atomic mass is 32.1. The van der Waals surface area contributed by atoms with Crippen LogP contribution in [-0.4, -0.2) is 9.13 Å². The fourth-order valence-corrected chi connectivity index (χ4v) is 12.7. The lowest BCUT2D eigenvalue weighted by atomic mass is 9.63. The Kier molecular flexibility index (Phi) is 7.42. The lowest BCUT2D eigenvalue weighted by molar-refractivity contribution is 0.564. The first-order valence-corrected chi connectivity index (χ1v) is 22.2. The van der Waals surface area contributed by atoms with Gasteiger partial charge in [-0.25, -0.2) is 0 Å². The highest BCUT2D eigenvalue weighted by Crippen LogP contribution is 2.56. The van der Waals surface area contributed by atoms with Gasteiger partial charge < -0.3 is 9.13 Å². The third kappa shape index (κ3) is 4.92. The molecule has 3 heteroatoms. The molecule has 4 aliphatic rings. The molecule has 0 amide bonds. The molecule has 3 atom stereocenters. The van der Waals surface area contributed by atoms with Crippen LogP contribution in [0.4, 0.5) is 0 Å². The summed E-state index contributed by atoms with van der Waals surface area (Å²) in [7, 11) is 0. The highest BCUT2D eigenvalue weighted by Gasteiger charge is 2.40. The summed E-state index contributed by atoms with van der Waals surface area (Å²) in [6.07, 6.45) is 22.4. The van der Waals surface area contributed by atoms with E-state index in [0.717, 1.165) is 32.1 Å². The zero-order valence-corrected chi connectivity index (χ0v) is 33.6. The number of hydrogen-bond acceptors (Lipinski definition) is 1. The molecule has 0 radical (unpaired) electrons. The SMILES string of the molecule is C1=CC(C2c3cc(-n4c5c(c6c7sc8ccccc8c7ccc64)CCC=C5)ccc3C3=C(CC(n4c5ccccc5c5ccccc54)C=C3)C2c2ccccc2)=CCC1. The van der Waals surface area contributed by atoms with Crippen LogP contribution < -0.4 is 0 Å². The van der Waals surface area contributed by atoms with Gasteiger partial charge in [0.2, 0.25) is 0 Å². The molecular weight excluding hydrogens is 733 g/mol. The number of rotatable bonds is 4. The van der Waals surface area contributed by atoms with E-state index in [9.17, 15) is 0 Å². The summed E-state index contributed by atoms with van der Waals surface area (Å²) >= 11 is 1.96. The van der Waals surface area contributed by atoms with E-state index in [4.69, 9.17) is 0 Å². The van der Waals surface area contributed by atoms with Crippen molar-refractivity contribution < 1.29 is 0 Å². The van der Waals surface area contributed by atoms with Crippen LogP contribution in [-0.2, 0) is 6.42 Å². The van der Waals surface area contributed by atoms with Crippen molar-refractivity contribution in [1.29, 1.82) is 0 Å². The largest absolute Gasteiger partial charge is 0.333 e. The minimum absolute atomic E-state index is 0.190. The summed E-state index contributed by atoms with van der Waals surface area (Å²) in [5.74, 6) is 0.396. The van der Waals surface area contributed by atoms with Gasteiger partial charge in [0.25, 0.3) is 0 Å². The molecule has 59 heavy (non-hydrogen) atoms. The summed E-state index contributed by atoms with van der Waals surface area (Å²) in [5.41, 5.74) is 16.6. The van der Waals surface area contributed by atoms with Gasteiger partial charge in [-0.3, -0.25) is 0 Å². The summed E-state index contributed by atoms with van der Waals surface area (Å²) in [5, 5.41) is 6.84. The van der Waals surface area contributed by atoms with Crippen LogP contribution in [0.25, 0.3) is 70.2 Å². The lowest BCUT2D eigenvalue weighted by Gasteiger charge is -2.41. The Balaban J connectivity index is 1.04. The van der Waals surface area contributed by atoms with Gasteiger partial charge in [0, 0.05) is 70.6 Å². The quantitative estimate of drug-likeness (QED) is 0.169. The van der Waals surface area contributed by atoms with Crippen LogP contribution in [0.15, 0.2) is 181 Å². The minimum Gasteiger partial charge on any atom is -0.333 e. The van der Waals surface area contributed by atoms with Crippen molar-refractivity contribution in [3.63, 3.8) is 0 Å². The first-order chi connectivity index (χ1) is 29.3. The Bertz CT molecular complexity index is 3320. The van der Waals surface area contributed by atoms with Gasteiger partial charge >= 0.3 is 0 Å². The molecule has 0 spiro atoms. The van der Waals surface area contributed by atoms with Gasteiger partial charge in [-0.15, -0.1) is 11.3 Å². The van der Waals surface area contributed by atoms with E-state index in [0.29, 0.717) is 0 Å². The smallest absolute Gasteiger partial charge is 0.0563 e. The summed E-state index contributed by atoms with van der Waals surface area (Å²) < 4.78 is 7.99. The van der Waals surface area contributed by atoms with E-state index < -0.39 is 0 Å². The van der Waals surface area contributed by atoms with E-state index in [1.54, 1.807) is 5.57 Å². The van der Waals surface area contributed by atoms with E-state index in [-0.39, 0.29) is 17.9 Å². The number of thiophene rings is 1. The second-order valence-corrected chi connectivity index (χ2v) is 17.9. The number of fused-ring (bicyclic) bond motifs is 12. The van der Waals surface area contributed by atoms with Crippen molar-refractivity contribution in [2.24, 2.45) is 0 Å². The average Bonchev–Trinajstić information content (AvgIpc) is 3.97. The summed E-state index contributed by atoms with van der Waals surface area (Å²) in [6.45, 7) is 0. The third-order valence-corrected chi connectivity index (χ3v) is 15.0. The van der Waals surface area contributed by atoms with Gasteiger partial charge in [-0.2, -0.15) is 0 Å². The van der Waals surface area contributed by atoms with Crippen LogP contribution in [0, 0.1) is 0 Å².